The number of nitrogens with zero attached hydrogens (tertiary/aromatic N) is 3. The van der Waals surface area contributed by atoms with Crippen molar-refractivity contribution in [2.45, 2.75) is 19.8 Å². The van der Waals surface area contributed by atoms with E-state index in [1.807, 2.05) is 4.90 Å². The van der Waals surface area contributed by atoms with Crippen LogP contribution < -0.4 is 11.5 Å². The molecule has 108 valence electrons. The number of rotatable bonds is 1. The summed E-state index contributed by atoms with van der Waals surface area (Å²) in [5.74, 6) is 0.757. The molecule has 20 heavy (non-hydrogen) atoms. The topological polar surface area (TPSA) is 80.0 Å². The third-order valence-corrected chi connectivity index (χ3v) is 3.28. The Bertz CT molecular complexity index is 509. The fourth-order valence-electron chi connectivity index (χ4n) is 2.26. The first-order chi connectivity index (χ1) is 9.54. The Balaban J connectivity index is 2.06. The largest absolute Gasteiger partial charge is 0.369 e. The summed E-state index contributed by atoms with van der Waals surface area (Å²) >= 11 is 0. The van der Waals surface area contributed by atoms with Gasteiger partial charge in [-0.3, -0.25) is 0 Å². The molecule has 1 unspecified atom stereocenters. The Morgan fingerprint density at radius 2 is 2.00 bits per heavy atom. The zero-order valence-electron chi connectivity index (χ0n) is 11.6. The Hall–Kier alpha value is -2.11. The quantitative estimate of drug-likeness (QED) is 0.607. The van der Waals surface area contributed by atoms with Crippen LogP contribution in [-0.2, 0) is 0 Å². The monoisotopic (exact) mass is 277 g/mol. The van der Waals surface area contributed by atoms with Crippen molar-refractivity contribution in [2.24, 2.45) is 27.4 Å². The van der Waals surface area contributed by atoms with E-state index in [-0.39, 0.29) is 11.8 Å². The number of benzene rings is 1. The molecule has 1 saturated heterocycles. The van der Waals surface area contributed by atoms with Gasteiger partial charge in [-0.05, 0) is 43.0 Å². The minimum Gasteiger partial charge on any atom is -0.369 e. The first-order valence-electron chi connectivity index (χ1n) is 6.73. The molecule has 0 aliphatic carbocycles. The number of nitrogens with two attached hydrogens (primary N) is 2. The van der Waals surface area contributed by atoms with Crippen molar-refractivity contribution in [1.82, 2.24) is 4.90 Å². The van der Waals surface area contributed by atoms with Gasteiger partial charge in [-0.25, -0.2) is 9.38 Å². The molecular weight excluding hydrogens is 257 g/mol. The third kappa shape index (κ3) is 3.94. The first kappa shape index (κ1) is 14.3. The summed E-state index contributed by atoms with van der Waals surface area (Å²) in [6.45, 7) is 3.97. The summed E-state index contributed by atoms with van der Waals surface area (Å²) in [5, 5.41) is 0. The van der Waals surface area contributed by atoms with E-state index in [4.69, 9.17) is 11.5 Å². The second-order valence-corrected chi connectivity index (χ2v) is 5.11. The van der Waals surface area contributed by atoms with Crippen molar-refractivity contribution < 1.29 is 4.39 Å². The molecule has 1 aromatic carbocycles. The molecule has 0 radical (unpaired) electrons. The number of hydrogen-bond donors (Lipinski definition) is 2. The lowest BCUT2D eigenvalue weighted by atomic mass is 10.0. The molecule has 0 spiro atoms. The average Bonchev–Trinajstić information content (AvgIpc) is 2.41. The summed E-state index contributed by atoms with van der Waals surface area (Å²) in [5.41, 5.74) is 12.2. The van der Waals surface area contributed by atoms with E-state index < -0.39 is 0 Å². The number of hydrogen-bond acceptors (Lipinski definition) is 1. The summed E-state index contributed by atoms with van der Waals surface area (Å²) in [6.07, 6.45) is 2.31. The second-order valence-electron chi connectivity index (χ2n) is 5.11. The molecular formula is C14H20FN5. The molecule has 4 N–H and O–H groups in total. The van der Waals surface area contributed by atoms with Gasteiger partial charge in [0.05, 0.1) is 5.69 Å². The molecule has 0 bridgehead atoms. The number of likely N-dealkylation sites (tertiary alicyclic amines) is 1. The standard InChI is InChI=1S/C14H20FN5/c1-10-3-2-8-20(9-10)14(17)19-13(16)18-12-6-4-11(15)5-7-12/h4-7,10H,2-3,8-9H2,1H3,(H4,16,17,18,19). The van der Waals surface area contributed by atoms with Crippen LogP contribution in [0.25, 0.3) is 0 Å². The molecule has 0 aromatic heterocycles. The van der Waals surface area contributed by atoms with Crippen LogP contribution in [0.3, 0.4) is 0 Å². The second kappa shape index (κ2) is 6.36. The predicted octanol–water partition coefficient (Wildman–Crippen LogP) is 1.82. The molecule has 1 aliphatic rings. The summed E-state index contributed by atoms with van der Waals surface area (Å²) in [7, 11) is 0. The van der Waals surface area contributed by atoms with Crippen LogP contribution in [0.15, 0.2) is 34.3 Å². The van der Waals surface area contributed by atoms with Gasteiger partial charge in [-0.2, -0.15) is 4.99 Å². The van der Waals surface area contributed by atoms with E-state index in [2.05, 4.69) is 16.9 Å². The molecule has 1 atom stereocenters. The van der Waals surface area contributed by atoms with E-state index in [9.17, 15) is 4.39 Å². The Labute approximate surface area is 118 Å². The van der Waals surface area contributed by atoms with Crippen LogP contribution >= 0.6 is 0 Å². The lowest BCUT2D eigenvalue weighted by molar-refractivity contribution is 0.271. The van der Waals surface area contributed by atoms with Crippen LogP contribution in [0.1, 0.15) is 19.8 Å². The van der Waals surface area contributed by atoms with Crippen molar-refractivity contribution in [1.29, 1.82) is 0 Å². The van der Waals surface area contributed by atoms with Crippen LogP contribution in [0.5, 0.6) is 0 Å². The zero-order valence-corrected chi connectivity index (χ0v) is 11.6. The van der Waals surface area contributed by atoms with Gasteiger partial charge in [0.15, 0.2) is 5.96 Å². The number of piperidine rings is 1. The van der Waals surface area contributed by atoms with E-state index in [0.717, 1.165) is 19.5 Å². The van der Waals surface area contributed by atoms with Gasteiger partial charge in [0.25, 0.3) is 0 Å². The summed E-state index contributed by atoms with van der Waals surface area (Å²) in [6, 6.07) is 5.73. The SMILES string of the molecule is CC1CCCN(/C(N)=N/C(N)=Nc2ccc(F)cc2)C1. The fourth-order valence-corrected chi connectivity index (χ4v) is 2.26. The van der Waals surface area contributed by atoms with E-state index in [1.165, 1.54) is 30.7 Å². The molecule has 0 amide bonds. The van der Waals surface area contributed by atoms with E-state index >= 15 is 0 Å². The number of halogens is 1. The maximum absolute atomic E-state index is 12.8. The molecule has 6 heteroatoms. The Kier molecular flexibility index (Phi) is 4.55. The Morgan fingerprint density at radius 1 is 1.30 bits per heavy atom. The van der Waals surface area contributed by atoms with E-state index in [1.54, 1.807) is 0 Å². The molecule has 1 aliphatic heterocycles. The molecule has 5 nitrogen and oxygen atoms in total. The number of guanidine groups is 2. The van der Waals surface area contributed by atoms with Gasteiger partial charge in [-0.1, -0.05) is 6.92 Å². The van der Waals surface area contributed by atoms with Crippen molar-refractivity contribution >= 4 is 17.6 Å². The normalized spacial score (nSPS) is 21.1. The maximum Gasteiger partial charge on any atom is 0.223 e. The van der Waals surface area contributed by atoms with Crippen LogP contribution in [0.2, 0.25) is 0 Å². The summed E-state index contributed by atoms with van der Waals surface area (Å²) in [4.78, 5) is 10.2. The lowest BCUT2D eigenvalue weighted by Crippen LogP contribution is -2.44. The third-order valence-electron chi connectivity index (χ3n) is 3.28. The lowest BCUT2D eigenvalue weighted by Gasteiger charge is -2.31. The van der Waals surface area contributed by atoms with Crippen molar-refractivity contribution in [3.05, 3.63) is 30.1 Å². The first-order valence-corrected chi connectivity index (χ1v) is 6.73. The molecule has 1 fully saturated rings. The highest BCUT2D eigenvalue weighted by atomic mass is 19.1. The Morgan fingerprint density at radius 3 is 2.65 bits per heavy atom. The van der Waals surface area contributed by atoms with Gasteiger partial charge in [0, 0.05) is 13.1 Å². The fraction of sp³-hybridized carbons (Fsp3) is 0.429. The van der Waals surface area contributed by atoms with Crippen molar-refractivity contribution in [3.63, 3.8) is 0 Å². The average molecular weight is 277 g/mol. The van der Waals surface area contributed by atoms with Gasteiger partial charge >= 0.3 is 0 Å². The number of aliphatic imine (C=N–C) groups is 2. The van der Waals surface area contributed by atoms with Crippen molar-refractivity contribution in [2.75, 3.05) is 13.1 Å². The smallest absolute Gasteiger partial charge is 0.223 e. The van der Waals surface area contributed by atoms with Gasteiger partial charge in [-0.15, -0.1) is 0 Å². The van der Waals surface area contributed by atoms with Crippen LogP contribution in [0.4, 0.5) is 10.1 Å². The highest BCUT2D eigenvalue weighted by Crippen LogP contribution is 2.15. The van der Waals surface area contributed by atoms with Crippen LogP contribution in [-0.4, -0.2) is 29.9 Å². The highest BCUT2D eigenvalue weighted by molar-refractivity contribution is 5.94. The molecule has 0 saturated carbocycles. The maximum atomic E-state index is 12.8. The molecule has 1 aromatic rings. The van der Waals surface area contributed by atoms with Gasteiger partial charge in [0.1, 0.15) is 5.82 Å². The van der Waals surface area contributed by atoms with Gasteiger partial charge in [0.2, 0.25) is 5.96 Å². The van der Waals surface area contributed by atoms with Gasteiger partial charge < -0.3 is 16.4 Å². The molecule has 1 heterocycles. The predicted molar refractivity (Wildman–Crippen MR) is 79.3 cm³/mol. The van der Waals surface area contributed by atoms with E-state index in [0.29, 0.717) is 17.6 Å². The highest BCUT2D eigenvalue weighted by Gasteiger charge is 2.17. The zero-order chi connectivity index (χ0) is 14.5. The molecule has 2 rings (SSSR count). The van der Waals surface area contributed by atoms with Crippen molar-refractivity contribution in [3.8, 4) is 0 Å². The minimum absolute atomic E-state index is 0.0762. The van der Waals surface area contributed by atoms with Crippen LogP contribution in [0, 0.1) is 11.7 Å². The minimum atomic E-state index is -0.312. The summed E-state index contributed by atoms with van der Waals surface area (Å²) < 4.78 is 12.8.